The molecule has 0 aliphatic rings. The second kappa shape index (κ2) is 6.66. The third-order valence-electron chi connectivity index (χ3n) is 1.90. The van der Waals surface area contributed by atoms with E-state index in [4.69, 9.17) is 0 Å². The molecule has 1 aromatic heterocycles. The predicted molar refractivity (Wildman–Crippen MR) is 71.1 cm³/mol. The summed E-state index contributed by atoms with van der Waals surface area (Å²) >= 11 is 2.79. The van der Waals surface area contributed by atoms with Crippen LogP contribution in [0.1, 0.15) is 35.5 Å². The van der Waals surface area contributed by atoms with E-state index in [1.807, 2.05) is 23.6 Å². The van der Waals surface area contributed by atoms with Crippen molar-refractivity contribution in [1.82, 2.24) is 0 Å². The minimum atomic E-state index is 0.104. The Balaban J connectivity index is 2.47. The highest BCUT2D eigenvalue weighted by molar-refractivity contribution is 8.13. The number of Topliss-reactive ketones (excluding diaryl/α,β-unsaturated/α-hetero) is 1. The van der Waals surface area contributed by atoms with Crippen LogP contribution in [0, 0.1) is 0 Å². The first kappa shape index (κ1) is 13.2. The molecule has 1 aromatic rings. The van der Waals surface area contributed by atoms with Gasteiger partial charge in [-0.2, -0.15) is 0 Å². The number of hydrogen-bond donors (Lipinski definition) is 0. The molecule has 0 N–H and O–H groups in total. The predicted octanol–water partition coefficient (Wildman–Crippen LogP) is 3.63. The molecule has 4 heteroatoms. The van der Waals surface area contributed by atoms with Gasteiger partial charge in [0.05, 0.1) is 4.88 Å². The highest BCUT2D eigenvalue weighted by atomic mass is 32.2. The Bertz CT molecular complexity index is 405. The summed E-state index contributed by atoms with van der Waals surface area (Å²) in [7, 11) is 0. The van der Waals surface area contributed by atoms with E-state index in [2.05, 4.69) is 0 Å². The number of rotatable bonds is 5. The molecule has 1 heterocycles. The molecule has 0 radical (unpaired) electrons. The largest absolute Gasteiger partial charge is 0.294 e. The van der Waals surface area contributed by atoms with Crippen LogP contribution < -0.4 is 0 Å². The molecule has 0 unspecified atom stereocenters. The fraction of sp³-hybridized carbons (Fsp3) is 0.333. The second-order valence-electron chi connectivity index (χ2n) is 3.29. The number of thioether (sulfide) groups is 1. The van der Waals surface area contributed by atoms with E-state index >= 15 is 0 Å². The Morgan fingerprint density at radius 3 is 2.81 bits per heavy atom. The maximum Gasteiger partial charge on any atom is 0.185 e. The monoisotopic (exact) mass is 254 g/mol. The molecular formula is C12H14O2S2. The van der Waals surface area contributed by atoms with Gasteiger partial charge in [0.1, 0.15) is 0 Å². The molecule has 2 nitrogen and oxygen atoms in total. The molecule has 0 saturated carbocycles. The summed E-state index contributed by atoms with van der Waals surface area (Å²) in [6, 6.07) is 1.94. The van der Waals surface area contributed by atoms with Crippen LogP contribution in [0.5, 0.6) is 0 Å². The van der Waals surface area contributed by atoms with Crippen molar-refractivity contribution in [3.05, 3.63) is 28.0 Å². The van der Waals surface area contributed by atoms with Crippen molar-refractivity contribution >= 4 is 40.1 Å². The second-order valence-corrected chi connectivity index (χ2v) is 5.48. The van der Waals surface area contributed by atoms with Crippen molar-refractivity contribution in [2.24, 2.45) is 0 Å². The molecule has 1 rings (SSSR count). The highest BCUT2D eigenvalue weighted by Crippen LogP contribution is 2.19. The first-order valence-corrected chi connectivity index (χ1v) is 6.86. The molecule has 0 spiro atoms. The molecule has 0 atom stereocenters. The van der Waals surface area contributed by atoms with Crippen molar-refractivity contribution in [3.63, 3.8) is 0 Å². The molecular weight excluding hydrogens is 240 g/mol. The van der Waals surface area contributed by atoms with Crippen molar-refractivity contribution in [2.45, 2.75) is 20.3 Å². The van der Waals surface area contributed by atoms with E-state index in [1.54, 1.807) is 13.8 Å². The Morgan fingerprint density at radius 1 is 1.44 bits per heavy atom. The highest BCUT2D eigenvalue weighted by Gasteiger charge is 2.05. The standard InChI is InChI=1S/C12H14O2S2/c1-9(13)12-11(6-8-16-12)5-3-4-7-15-10(2)14/h3,5-6,8H,4,7H2,1-2H3. The molecule has 0 bridgehead atoms. The number of hydrogen-bond acceptors (Lipinski definition) is 4. The third-order valence-corrected chi connectivity index (χ3v) is 3.78. The first-order valence-electron chi connectivity index (χ1n) is 4.99. The van der Waals surface area contributed by atoms with E-state index < -0.39 is 0 Å². The van der Waals surface area contributed by atoms with Gasteiger partial charge in [-0.15, -0.1) is 11.3 Å². The minimum absolute atomic E-state index is 0.104. The van der Waals surface area contributed by atoms with Crippen LogP contribution in [-0.4, -0.2) is 16.7 Å². The lowest BCUT2D eigenvalue weighted by Crippen LogP contribution is -1.89. The lowest BCUT2D eigenvalue weighted by atomic mass is 10.2. The van der Waals surface area contributed by atoms with Gasteiger partial charge in [0.25, 0.3) is 0 Å². The quantitative estimate of drug-likeness (QED) is 0.594. The fourth-order valence-corrected chi connectivity index (χ4v) is 2.55. The van der Waals surface area contributed by atoms with Gasteiger partial charge in [0, 0.05) is 12.7 Å². The maximum atomic E-state index is 11.2. The number of ketones is 1. The van der Waals surface area contributed by atoms with Gasteiger partial charge < -0.3 is 0 Å². The summed E-state index contributed by atoms with van der Waals surface area (Å²) in [6.45, 7) is 3.15. The van der Waals surface area contributed by atoms with Crippen molar-refractivity contribution in [2.75, 3.05) is 5.75 Å². The molecule has 86 valence electrons. The Labute approximate surface area is 104 Å². The van der Waals surface area contributed by atoms with Crippen LogP contribution in [0.25, 0.3) is 6.08 Å². The molecule has 0 fully saturated rings. The summed E-state index contributed by atoms with van der Waals surface area (Å²) in [4.78, 5) is 22.7. The normalized spacial score (nSPS) is 10.9. The van der Waals surface area contributed by atoms with Gasteiger partial charge in [-0.3, -0.25) is 9.59 Å². The molecule has 0 aliphatic heterocycles. The van der Waals surface area contributed by atoms with E-state index in [1.165, 1.54) is 23.1 Å². The molecule has 0 aromatic carbocycles. The summed E-state index contributed by atoms with van der Waals surface area (Å²) in [5.74, 6) is 0.901. The summed E-state index contributed by atoms with van der Waals surface area (Å²) in [5.41, 5.74) is 0.977. The van der Waals surface area contributed by atoms with Gasteiger partial charge in [0.15, 0.2) is 10.9 Å². The molecule has 16 heavy (non-hydrogen) atoms. The topological polar surface area (TPSA) is 34.1 Å². The lowest BCUT2D eigenvalue weighted by molar-refractivity contribution is -0.109. The molecule has 0 amide bonds. The van der Waals surface area contributed by atoms with Gasteiger partial charge in [-0.25, -0.2) is 0 Å². The number of allylic oxidation sites excluding steroid dienone is 1. The smallest absolute Gasteiger partial charge is 0.185 e. The third kappa shape index (κ3) is 4.33. The number of carbonyl (C=O) groups is 2. The van der Waals surface area contributed by atoms with Gasteiger partial charge in [-0.1, -0.05) is 23.9 Å². The van der Waals surface area contributed by atoms with Crippen molar-refractivity contribution in [1.29, 1.82) is 0 Å². The van der Waals surface area contributed by atoms with Crippen molar-refractivity contribution in [3.8, 4) is 0 Å². The van der Waals surface area contributed by atoms with E-state index in [0.717, 1.165) is 22.6 Å². The summed E-state index contributed by atoms with van der Waals surface area (Å²) < 4.78 is 0. The van der Waals surface area contributed by atoms with Crippen LogP contribution in [0.3, 0.4) is 0 Å². The zero-order chi connectivity index (χ0) is 12.0. The Hall–Kier alpha value is -0.870. The number of thiophene rings is 1. The Morgan fingerprint density at radius 2 is 2.19 bits per heavy atom. The van der Waals surface area contributed by atoms with E-state index in [0.29, 0.717) is 0 Å². The fourth-order valence-electron chi connectivity index (χ4n) is 1.22. The van der Waals surface area contributed by atoms with Crippen LogP contribution >= 0.6 is 23.1 Å². The summed E-state index contributed by atoms with van der Waals surface area (Å²) in [5, 5.41) is 2.06. The molecule has 0 aliphatic carbocycles. The van der Waals surface area contributed by atoms with Crippen LogP contribution in [0.15, 0.2) is 17.5 Å². The van der Waals surface area contributed by atoms with Crippen LogP contribution in [0.4, 0.5) is 0 Å². The van der Waals surface area contributed by atoms with Crippen LogP contribution in [-0.2, 0) is 4.79 Å². The van der Waals surface area contributed by atoms with Gasteiger partial charge in [-0.05, 0) is 30.4 Å². The minimum Gasteiger partial charge on any atom is -0.294 e. The van der Waals surface area contributed by atoms with Gasteiger partial charge in [0.2, 0.25) is 0 Å². The van der Waals surface area contributed by atoms with E-state index in [-0.39, 0.29) is 10.9 Å². The van der Waals surface area contributed by atoms with Crippen molar-refractivity contribution < 1.29 is 9.59 Å². The molecule has 0 saturated heterocycles. The zero-order valence-electron chi connectivity index (χ0n) is 9.36. The van der Waals surface area contributed by atoms with Crippen LogP contribution in [0.2, 0.25) is 0 Å². The van der Waals surface area contributed by atoms with Gasteiger partial charge >= 0.3 is 0 Å². The van der Waals surface area contributed by atoms with E-state index in [9.17, 15) is 9.59 Å². The number of carbonyl (C=O) groups excluding carboxylic acids is 2. The Kier molecular flexibility index (Phi) is 5.49. The SMILES string of the molecule is CC(=O)SCCC=Cc1ccsc1C(C)=O. The summed E-state index contributed by atoms with van der Waals surface area (Å²) in [6.07, 6.45) is 4.80. The average Bonchev–Trinajstić information content (AvgIpc) is 2.65. The maximum absolute atomic E-state index is 11.2. The zero-order valence-corrected chi connectivity index (χ0v) is 11.0. The average molecular weight is 254 g/mol. The first-order chi connectivity index (χ1) is 7.61. The lowest BCUT2D eigenvalue weighted by Gasteiger charge is -1.94.